The van der Waals surface area contributed by atoms with Crippen LogP contribution in [0.15, 0.2) is 12.5 Å². The molecule has 2 aromatic rings. The maximum absolute atomic E-state index is 15.9. The number of aromatic nitrogens is 4. The number of nitrogens with one attached hydrogen (secondary N) is 1. The molecule has 0 amide bonds. The molecular weight excluding hydrogens is 434 g/mol. The van der Waals surface area contributed by atoms with Gasteiger partial charge in [-0.05, 0) is 27.7 Å². The molecule has 14 heteroatoms. The fraction of sp³-hybridized carbons (Fsp3) is 0.647. The summed E-state index contributed by atoms with van der Waals surface area (Å²) in [7, 11) is -4.02. The van der Waals surface area contributed by atoms with E-state index >= 15 is 4.39 Å². The van der Waals surface area contributed by atoms with Gasteiger partial charge in [0, 0.05) is 0 Å². The zero-order chi connectivity index (χ0) is 22.6. The molecular formula is C17H24FN6O6P. The van der Waals surface area contributed by atoms with Crippen molar-refractivity contribution in [2.75, 3.05) is 12.3 Å². The molecule has 0 spiro atoms. The lowest BCUT2D eigenvalue weighted by molar-refractivity contribution is -0.149. The summed E-state index contributed by atoms with van der Waals surface area (Å²) in [6.07, 6.45) is -0.855. The first kappa shape index (κ1) is 22.0. The van der Waals surface area contributed by atoms with E-state index in [0.717, 1.165) is 0 Å². The van der Waals surface area contributed by atoms with Gasteiger partial charge in [0.05, 0.1) is 25.2 Å². The maximum atomic E-state index is 15.9. The van der Waals surface area contributed by atoms with Crippen molar-refractivity contribution in [1.82, 2.24) is 24.6 Å². The van der Waals surface area contributed by atoms with Crippen molar-refractivity contribution in [3.63, 3.8) is 0 Å². The zero-order valence-corrected chi connectivity index (χ0v) is 18.3. The number of halogens is 1. The summed E-state index contributed by atoms with van der Waals surface area (Å²) < 4.78 is 52.2. The standard InChI is InChI=1S/C17H24FN6O6P/c1-8(2)28-14(25)9(3)23-31(26)27-6-11-12(30-31)17(4,18)15(29-11)24-7-21-10-5-20-16(19)22-13(10)24/h5,7-9,11-12,15H,6H2,1-4H3,(H,23,26)(H2,19,20,22)/t9-,11+,12+,15+,17+,31?/m0/s1. The highest BCUT2D eigenvalue weighted by molar-refractivity contribution is 7.51. The van der Waals surface area contributed by atoms with E-state index in [1.165, 1.54) is 30.9 Å². The summed E-state index contributed by atoms with van der Waals surface area (Å²) in [5, 5.41) is 2.50. The third-order valence-electron chi connectivity index (χ3n) is 4.99. The molecule has 3 N–H and O–H groups in total. The van der Waals surface area contributed by atoms with Gasteiger partial charge in [-0.3, -0.25) is 18.4 Å². The summed E-state index contributed by atoms with van der Waals surface area (Å²) in [6, 6.07) is -0.994. The lowest BCUT2D eigenvalue weighted by Gasteiger charge is -2.35. The van der Waals surface area contributed by atoms with Crippen LogP contribution in [0, 0.1) is 0 Å². The van der Waals surface area contributed by atoms with Gasteiger partial charge in [0.2, 0.25) is 5.95 Å². The molecule has 0 aromatic carbocycles. The van der Waals surface area contributed by atoms with Crippen molar-refractivity contribution in [3.05, 3.63) is 12.5 Å². The van der Waals surface area contributed by atoms with Crippen LogP contribution in [-0.2, 0) is 27.9 Å². The van der Waals surface area contributed by atoms with Crippen molar-refractivity contribution < 1.29 is 32.3 Å². The second-order valence-electron chi connectivity index (χ2n) is 7.92. The smallest absolute Gasteiger partial charge is 0.406 e. The Kier molecular flexibility index (Phi) is 5.51. The SMILES string of the molecule is CC(C)OC(=O)[C@H](C)NP1(=O)OC[C@H]2O[C@@H](n3cnc4cnc(N)nc43)[C@](C)(F)[C@@H]2O1. The molecule has 2 saturated heterocycles. The van der Waals surface area contributed by atoms with E-state index in [1.54, 1.807) is 13.8 Å². The monoisotopic (exact) mass is 458 g/mol. The number of fused-ring (bicyclic) bond motifs is 2. The summed E-state index contributed by atoms with van der Waals surface area (Å²) in [6.45, 7) is 5.89. The molecule has 4 rings (SSSR count). The van der Waals surface area contributed by atoms with Gasteiger partial charge in [0.15, 0.2) is 17.5 Å². The van der Waals surface area contributed by atoms with Crippen LogP contribution in [0.2, 0.25) is 0 Å². The topological polar surface area (TPSA) is 153 Å². The van der Waals surface area contributed by atoms with Crippen LogP contribution in [0.3, 0.4) is 0 Å². The molecule has 1 unspecified atom stereocenters. The molecule has 0 saturated carbocycles. The van der Waals surface area contributed by atoms with Gasteiger partial charge in [-0.25, -0.2) is 24.0 Å². The minimum absolute atomic E-state index is 0.000722. The number of alkyl halides is 1. The predicted molar refractivity (Wildman–Crippen MR) is 105 cm³/mol. The van der Waals surface area contributed by atoms with E-state index in [0.29, 0.717) is 5.52 Å². The normalized spacial score (nSPS) is 34.1. The van der Waals surface area contributed by atoms with Crippen LogP contribution in [0.25, 0.3) is 11.2 Å². The van der Waals surface area contributed by atoms with Crippen molar-refractivity contribution >= 4 is 30.8 Å². The van der Waals surface area contributed by atoms with Crippen LogP contribution in [-0.4, -0.2) is 62.1 Å². The number of esters is 1. The first-order valence-corrected chi connectivity index (χ1v) is 11.2. The molecule has 4 heterocycles. The number of anilines is 1. The Hall–Kier alpha value is -2.18. The Labute approximate surface area is 177 Å². The number of nitrogens with two attached hydrogens (primary N) is 1. The third kappa shape index (κ3) is 4.03. The maximum Gasteiger partial charge on any atom is 0.406 e. The number of ether oxygens (including phenoxy) is 2. The number of rotatable bonds is 5. The van der Waals surface area contributed by atoms with Gasteiger partial charge in [-0.15, -0.1) is 0 Å². The first-order chi connectivity index (χ1) is 14.5. The minimum atomic E-state index is -4.02. The van der Waals surface area contributed by atoms with Crippen LogP contribution < -0.4 is 10.8 Å². The Balaban J connectivity index is 1.55. The van der Waals surface area contributed by atoms with Crippen LogP contribution in [0.1, 0.15) is 33.9 Å². The highest BCUT2D eigenvalue weighted by Crippen LogP contribution is 2.57. The first-order valence-electron chi connectivity index (χ1n) is 9.71. The van der Waals surface area contributed by atoms with Crippen LogP contribution in [0.4, 0.5) is 10.3 Å². The van der Waals surface area contributed by atoms with E-state index in [2.05, 4.69) is 20.0 Å². The van der Waals surface area contributed by atoms with Gasteiger partial charge in [-0.2, -0.15) is 4.98 Å². The molecule has 6 atom stereocenters. The number of nitrogen functional groups attached to an aromatic ring is 1. The van der Waals surface area contributed by atoms with Crippen LogP contribution in [0.5, 0.6) is 0 Å². The number of carbonyl (C=O) groups excluding carboxylic acids is 1. The number of nitrogens with zero attached hydrogens (tertiary/aromatic N) is 4. The molecule has 0 aliphatic carbocycles. The molecule has 0 radical (unpaired) electrons. The molecule has 31 heavy (non-hydrogen) atoms. The van der Waals surface area contributed by atoms with Crippen LogP contribution >= 0.6 is 7.75 Å². The van der Waals surface area contributed by atoms with E-state index in [1.807, 2.05) is 0 Å². The molecule has 2 fully saturated rings. The lowest BCUT2D eigenvalue weighted by atomic mass is 9.98. The Morgan fingerprint density at radius 1 is 1.45 bits per heavy atom. The minimum Gasteiger partial charge on any atom is -0.462 e. The van der Waals surface area contributed by atoms with Gasteiger partial charge in [-0.1, -0.05) is 0 Å². The Bertz CT molecular complexity index is 1050. The fourth-order valence-electron chi connectivity index (χ4n) is 3.56. The molecule has 2 aliphatic heterocycles. The molecule has 170 valence electrons. The van der Waals surface area contributed by atoms with Gasteiger partial charge in [0.25, 0.3) is 0 Å². The highest BCUT2D eigenvalue weighted by atomic mass is 31.2. The van der Waals surface area contributed by atoms with Crippen molar-refractivity contribution in [2.24, 2.45) is 0 Å². The number of hydrogen-bond donors (Lipinski definition) is 2. The molecule has 12 nitrogen and oxygen atoms in total. The summed E-state index contributed by atoms with van der Waals surface area (Å²) in [5.74, 6) is -0.633. The highest BCUT2D eigenvalue weighted by Gasteiger charge is 2.61. The summed E-state index contributed by atoms with van der Waals surface area (Å²) in [5.41, 5.74) is 4.20. The van der Waals surface area contributed by atoms with Gasteiger partial charge >= 0.3 is 13.7 Å². The van der Waals surface area contributed by atoms with Gasteiger partial charge < -0.3 is 15.2 Å². The quantitative estimate of drug-likeness (QED) is 0.495. The van der Waals surface area contributed by atoms with Crippen molar-refractivity contribution in [3.8, 4) is 0 Å². The second kappa shape index (κ2) is 7.75. The summed E-state index contributed by atoms with van der Waals surface area (Å²) >= 11 is 0. The molecule has 2 aromatic heterocycles. The average Bonchev–Trinajstić information content (AvgIpc) is 3.19. The molecule has 2 aliphatic rings. The van der Waals surface area contributed by atoms with E-state index < -0.39 is 43.9 Å². The summed E-state index contributed by atoms with van der Waals surface area (Å²) in [4.78, 5) is 24.1. The average molecular weight is 458 g/mol. The van der Waals surface area contributed by atoms with Gasteiger partial charge in [0.1, 0.15) is 23.8 Å². The Morgan fingerprint density at radius 3 is 2.90 bits per heavy atom. The van der Waals surface area contributed by atoms with Crippen molar-refractivity contribution in [2.45, 2.75) is 63.9 Å². The number of carbonyl (C=O) groups is 1. The Morgan fingerprint density at radius 2 is 2.19 bits per heavy atom. The predicted octanol–water partition coefficient (Wildman–Crippen LogP) is 1.49. The van der Waals surface area contributed by atoms with Crippen molar-refractivity contribution in [1.29, 1.82) is 0 Å². The van der Waals surface area contributed by atoms with E-state index in [9.17, 15) is 9.36 Å². The largest absolute Gasteiger partial charge is 0.462 e. The lowest BCUT2D eigenvalue weighted by Crippen LogP contribution is -2.47. The molecule has 0 bridgehead atoms. The third-order valence-corrected chi connectivity index (χ3v) is 6.68. The van der Waals surface area contributed by atoms with E-state index in [-0.39, 0.29) is 24.3 Å². The number of imidazole rings is 1. The number of hydrogen-bond acceptors (Lipinski definition) is 10. The van der Waals surface area contributed by atoms with E-state index in [4.69, 9.17) is 24.3 Å². The zero-order valence-electron chi connectivity index (χ0n) is 17.4. The fourth-order valence-corrected chi connectivity index (χ4v) is 5.32. The second-order valence-corrected chi connectivity index (χ2v) is 9.64.